The maximum Gasteiger partial charge on any atom is 0.302 e. The Balaban J connectivity index is 1.44. The van der Waals surface area contributed by atoms with Gasteiger partial charge in [-0.05, 0) is 56.3 Å². The number of hydrogen-bond acceptors (Lipinski definition) is 4. The van der Waals surface area contributed by atoms with Crippen molar-refractivity contribution in [2.75, 3.05) is 0 Å². The molecule has 0 radical (unpaired) electrons. The zero-order valence-corrected chi connectivity index (χ0v) is 15.7. The summed E-state index contributed by atoms with van der Waals surface area (Å²) in [6.07, 6.45) is 8.45. The van der Waals surface area contributed by atoms with Crippen LogP contribution in [-0.4, -0.2) is 29.6 Å². The molecule has 0 N–H and O–H groups in total. The second kappa shape index (κ2) is 4.88. The summed E-state index contributed by atoms with van der Waals surface area (Å²) in [4.78, 5) is 23.9. The normalized spacial score (nSPS) is 56.3. The van der Waals surface area contributed by atoms with Gasteiger partial charge in [0.05, 0.1) is 6.10 Å². The standard InChI is InChI=1S/C21H30O4/c1-12(22)24-13-6-9-20(3)16-7-8-19(2)15(4-5-17(19)23)14(16)10-18-21(20,11-13)25-18/h13-16,18H,4-11H2,1-3H3/t13-,14+,15-,16-,18+,19+,20-,21+/m1/s1. The molecule has 0 unspecified atom stereocenters. The summed E-state index contributed by atoms with van der Waals surface area (Å²) >= 11 is 0. The van der Waals surface area contributed by atoms with Crippen LogP contribution in [0, 0.1) is 28.6 Å². The maximum absolute atomic E-state index is 12.5. The zero-order chi connectivity index (χ0) is 17.6. The first-order chi connectivity index (χ1) is 11.8. The molecule has 0 aromatic carbocycles. The fourth-order valence-corrected chi connectivity index (χ4v) is 7.75. The summed E-state index contributed by atoms with van der Waals surface area (Å²) in [5.74, 6) is 2.19. The molecule has 1 aliphatic heterocycles. The van der Waals surface area contributed by atoms with Gasteiger partial charge < -0.3 is 9.47 Å². The molecule has 25 heavy (non-hydrogen) atoms. The largest absolute Gasteiger partial charge is 0.462 e. The second-order valence-corrected chi connectivity index (χ2v) is 9.92. The van der Waals surface area contributed by atoms with Gasteiger partial charge in [-0.3, -0.25) is 9.59 Å². The van der Waals surface area contributed by atoms with Crippen molar-refractivity contribution in [2.24, 2.45) is 28.6 Å². The Labute approximate surface area is 150 Å². The molecule has 8 atom stereocenters. The smallest absolute Gasteiger partial charge is 0.302 e. The number of rotatable bonds is 1. The number of ketones is 1. The Kier molecular flexibility index (Phi) is 3.18. The van der Waals surface area contributed by atoms with E-state index < -0.39 is 0 Å². The molecule has 4 heteroatoms. The minimum Gasteiger partial charge on any atom is -0.462 e. The van der Waals surface area contributed by atoms with Crippen molar-refractivity contribution < 1.29 is 19.1 Å². The average Bonchev–Trinajstić information content (AvgIpc) is 3.15. The lowest BCUT2D eigenvalue weighted by atomic mass is 9.45. The van der Waals surface area contributed by atoms with E-state index in [4.69, 9.17) is 9.47 Å². The highest BCUT2D eigenvalue weighted by molar-refractivity contribution is 5.87. The summed E-state index contributed by atoms with van der Waals surface area (Å²) in [6.45, 7) is 6.18. The fourth-order valence-electron chi connectivity index (χ4n) is 7.75. The Morgan fingerprint density at radius 3 is 2.72 bits per heavy atom. The zero-order valence-electron chi connectivity index (χ0n) is 15.7. The number of ether oxygens (including phenoxy) is 2. The molecule has 0 aromatic heterocycles. The van der Waals surface area contributed by atoms with Gasteiger partial charge in [0.15, 0.2) is 0 Å². The SMILES string of the molecule is CC(=O)O[C@@H]1CC[C@]2(C)[C@@H]3CC[C@]4(C)C(=O)CC[C@@H]4[C@@H]3C[C@@H]3O[C@@]32C1. The molecule has 0 bridgehead atoms. The van der Waals surface area contributed by atoms with Crippen LogP contribution in [0.15, 0.2) is 0 Å². The Hall–Kier alpha value is -0.900. The lowest BCUT2D eigenvalue weighted by Crippen LogP contribution is -2.58. The molecule has 5 rings (SSSR count). The molecular weight excluding hydrogens is 316 g/mol. The second-order valence-electron chi connectivity index (χ2n) is 9.92. The summed E-state index contributed by atoms with van der Waals surface area (Å²) in [7, 11) is 0. The van der Waals surface area contributed by atoms with Gasteiger partial charge in [-0.15, -0.1) is 0 Å². The molecule has 4 aliphatic carbocycles. The molecule has 138 valence electrons. The molecule has 1 heterocycles. The number of epoxide rings is 1. The highest BCUT2D eigenvalue weighted by Gasteiger charge is 2.76. The van der Waals surface area contributed by atoms with Gasteiger partial charge in [0.1, 0.15) is 17.5 Å². The molecule has 5 fully saturated rings. The maximum atomic E-state index is 12.5. The number of hydrogen-bond donors (Lipinski definition) is 0. The molecule has 1 spiro atoms. The van der Waals surface area contributed by atoms with Crippen LogP contribution in [0.1, 0.15) is 72.1 Å². The summed E-state index contributed by atoms with van der Waals surface area (Å²) < 4.78 is 12.0. The summed E-state index contributed by atoms with van der Waals surface area (Å²) in [6, 6.07) is 0. The molecule has 0 aromatic rings. The Morgan fingerprint density at radius 1 is 1.16 bits per heavy atom. The highest BCUT2D eigenvalue weighted by Crippen LogP contribution is 2.73. The van der Waals surface area contributed by atoms with Crippen LogP contribution < -0.4 is 0 Å². The van der Waals surface area contributed by atoms with Crippen molar-refractivity contribution in [3.05, 3.63) is 0 Å². The molecule has 0 amide bonds. The van der Waals surface area contributed by atoms with Crippen molar-refractivity contribution in [3.63, 3.8) is 0 Å². The van der Waals surface area contributed by atoms with E-state index in [1.807, 2.05) is 0 Å². The van der Waals surface area contributed by atoms with Crippen molar-refractivity contribution in [1.82, 2.24) is 0 Å². The molecule has 1 saturated heterocycles. The van der Waals surface area contributed by atoms with Crippen LogP contribution in [0.5, 0.6) is 0 Å². The van der Waals surface area contributed by atoms with E-state index in [0.717, 1.165) is 51.4 Å². The number of fused-ring (bicyclic) bond motifs is 4. The Morgan fingerprint density at radius 2 is 1.96 bits per heavy atom. The van der Waals surface area contributed by atoms with Crippen LogP contribution >= 0.6 is 0 Å². The minimum absolute atomic E-state index is 0.0223. The first kappa shape index (κ1) is 16.3. The van der Waals surface area contributed by atoms with Gasteiger partial charge in [0.25, 0.3) is 0 Å². The van der Waals surface area contributed by atoms with E-state index in [1.165, 1.54) is 6.92 Å². The van der Waals surface area contributed by atoms with E-state index in [0.29, 0.717) is 29.6 Å². The van der Waals surface area contributed by atoms with Crippen molar-refractivity contribution >= 4 is 11.8 Å². The molecular formula is C21H30O4. The lowest BCUT2D eigenvalue weighted by Gasteiger charge is -2.58. The average molecular weight is 346 g/mol. The lowest BCUT2D eigenvalue weighted by molar-refractivity contribution is -0.157. The van der Waals surface area contributed by atoms with Gasteiger partial charge >= 0.3 is 5.97 Å². The molecule has 4 saturated carbocycles. The summed E-state index contributed by atoms with van der Waals surface area (Å²) in [5.41, 5.74) is 0.0500. The number of carbonyl (C=O) groups is 2. The third-order valence-corrected chi connectivity index (χ3v) is 9.08. The van der Waals surface area contributed by atoms with Gasteiger partial charge in [0.2, 0.25) is 0 Å². The van der Waals surface area contributed by atoms with Crippen molar-refractivity contribution in [2.45, 2.75) is 89.9 Å². The van der Waals surface area contributed by atoms with Gasteiger partial charge in [-0.2, -0.15) is 0 Å². The quantitative estimate of drug-likeness (QED) is 0.537. The topological polar surface area (TPSA) is 55.9 Å². The summed E-state index contributed by atoms with van der Waals surface area (Å²) in [5, 5.41) is 0. The first-order valence-corrected chi connectivity index (χ1v) is 10.2. The highest BCUT2D eigenvalue weighted by atomic mass is 16.6. The number of carbonyl (C=O) groups excluding carboxylic acids is 2. The van der Waals surface area contributed by atoms with E-state index in [9.17, 15) is 9.59 Å². The monoisotopic (exact) mass is 346 g/mol. The Bertz CT molecular complexity index is 644. The van der Waals surface area contributed by atoms with Crippen molar-refractivity contribution in [1.29, 1.82) is 0 Å². The van der Waals surface area contributed by atoms with E-state index in [-0.39, 0.29) is 28.5 Å². The van der Waals surface area contributed by atoms with Gasteiger partial charge in [-0.1, -0.05) is 13.8 Å². The van der Waals surface area contributed by atoms with Crippen LogP contribution in [0.4, 0.5) is 0 Å². The van der Waals surface area contributed by atoms with Crippen LogP contribution in [0.2, 0.25) is 0 Å². The number of esters is 1. The van der Waals surface area contributed by atoms with Crippen molar-refractivity contribution in [3.8, 4) is 0 Å². The van der Waals surface area contributed by atoms with E-state index >= 15 is 0 Å². The molecule has 4 nitrogen and oxygen atoms in total. The van der Waals surface area contributed by atoms with Gasteiger partial charge in [0, 0.05) is 30.6 Å². The van der Waals surface area contributed by atoms with E-state index in [2.05, 4.69) is 13.8 Å². The first-order valence-electron chi connectivity index (χ1n) is 10.2. The van der Waals surface area contributed by atoms with Crippen LogP contribution in [0.25, 0.3) is 0 Å². The van der Waals surface area contributed by atoms with Crippen LogP contribution in [0.3, 0.4) is 0 Å². The van der Waals surface area contributed by atoms with Gasteiger partial charge in [-0.25, -0.2) is 0 Å². The minimum atomic E-state index is -0.172. The van der Waals surface area contributed by atoms with Crippen LogP contribution in [-0.2, 0) is 19.1 Å². The predicted octanol–water partition coefficient (Wildman–Crippen LogP) is 3.66. The predicted molar refractivity (Wildman–Crippen MR) is 91.8 cm³/mol. The van der Waals surface area contributed by atoms with E-state index in [1.54, 1.807) is 0 Å². The third kappa shape index (κ3) is 1.92. The molecule has 5 aliphatic rings. The fraction of sp³-hybridized carbons (Fsp3) is 0.905. The third-order valence-electron chi connectivity index (χ3n) is 9.08. The number of Topliss-reactive ketones (excluding diaryl/α,β-unsaturated/α-hetero) is 1.